The highest BCUT2D eigenvalue weighted by Crippen LogP contribution is 2.34. The van der Waals surface area contributed by atoms with Gasteiger partial charge in [-0.3, -0.25) is 4.79 Å². The predicted molar refractivity (Wildman–Crippen MR) is 78.3 cm³/mol. The molecule has 6 heteroatoms. The third-order valence-electron chi connectivity index (χ3n) is 2.78. The second-order valence-electron chi connectivity index (χ2n) is 4.51. The first-order valence-electron chi connectivity index (χ1n) is 6.02. The molecule has 0 unspecified atom stereocenters. The largest absolute Gasteiger partial charge is 0.418 e. The lowest BCUT2D eigenvalue weighted by Crippen LogP contribution is -2.16. The maximum atomic E-state index is 12.9. The fourth-order valence-corrected chi connectivity index (χ4v) is 2.51. The van der Waals surface area contributed by atoms with E-state index in [1.54, 1.807) is 25.1 Å². The van der Waals surface area contributed by atoms with Gasteiger partial charge in [-0.1, -0.05) is 28.1 Å². The summed E-state index contributed by atoms with van der Waals surface area (Å²) >= 11 is 3.25. The summed E-state index contributed by atoms with van der Waals surface area (Å²) in [4.78, 5) is 12.1. The minimum Gasteiger partial charge on any atom is -0.321 e. The molecular weight excluding hydrogens is 347 g/mol. The van der Waals surface area contributed by atoms with Crippen LogP contribution in [0.5, 0.6) is 0 Å². The zero-order valence-electron chi connectivity index (χ0n) is 11.0. The average molecular weight is 358 g/mol. The number of alkyl halides is 3. The van der Waals surface area contributed by atoms with Gasteiger partial charge in [0.15, 0.2) is 0 Å². The fourth-order valence-electron chi connectivity index (χ4n) is 1.90. The Balaban J connectivity index is 2.32. The van der Waals surface area contributed by atoms with Crippen molar-refractivity contribution in [3.63, 3.8) is 0 Å². The van der Waals surface area contributed by atoms with Crippen LogP contribution in [0, 0.1) is 6.92 Å². The van der Waals surface area contributed by atoms with Crippen LogP contribution in [0.15, 0.2) is 46.9 Å². The van der Waals surface area contributed by atoms with E-state index in [1.165, 1.54) is 18.2 Å². The van der Waals surface area contributed by atoms with Crippen LogP contribution in [0.1, 0.15) is 21.5 Å². The second kappa shape index (κ2) is 5.89. The summed E-state index contributed by atoms with van der Waals surface area (Å²) in [7, 11) is 0. The van der Waals surface area contributed by atoms with E-state index >= 15 is 0 Å². The van der Waals surface area contributed by atoms with Crippen LogP contribution in [0.4, 0.5) is 18.9 Å². The Labute approximate surface area is 128 Å². The molecule has 2 nitrogen and oxygen atoms in total. The van der Waals surface area contributed by atoms with Gasteiger partial charge in [-0.25, -0.2) is 0 Å². The maximum Gasteiger partial charge on any atom is 0.418 e. The smallest absolute Gasteiger partial charge is 0.321 e. The molecule has 0 aliphatic carbocycles. The normalized spacial score (nSPS) is 11.3. The van der Waals surface area contributed by atoms with Crippen molar-refractivity contribution in [3.8, 4) is 0 Å². The van der Waals surface area contributed by atoms with Gasteiger partial charge in [0.1, 0.15) is 0 Å². The molecule has 1 N–H and O–H groups in total. The number of nitrogens with one attached hydrogen (secondary N) is 1. The summed E-state index contributed by atoms with van der Waals surface area (Å²) in [5.41, 5.74) is -0.00446. The van der Waals surface area contributed by atoms with E-state index < -0.39 is 17.6 Å². The number of carbonyl (C=O) groups excluding carboxylic acids is 1. The van der Waals surface area contributed by atoms with Crippen LogP contribution < -0.4 is 5.32 Å². The molecule has 0 atom stereocenters. The highest BCUT2D eigenvalue weighted by molar-refractivity contribution is 9.10. The van der Waals surface area contributed by atoms with Crippen LogP contribution in [0.25, 0.3) is 0 Å². The van der Waals surface area contributed by atoms with E-state index in [0.29, 0.717) is 10.0 Å². The number of amides is 1. The summed E-state index contributed by atoms with van der Waals surface area (Å²) in [6, 6.07) is 9.85. The van der Waals surface area contributed by atoms with Gasteiger partial charge >= 0.3 is 6.18 Å². The van der Waals surface area contributed by atoms with Crippen molar-refractivity contribution in [2.45, 2.75) is 13.1 Å². The lowest BCUT2D eigenvalue weighted by molar-refractivity contribution is -0.136. The molecule has 0 spiro atoms. The highest BCUT2D eigenvalue weighted by atomic mass is 79.9. The van der Waals surface area contributed by atoms with Crippen molar-refractivity contribution in [3.05, 3.63) is 63.6 Å². The van der Waals surface area contributed by atoms with Crippen molar-refractivity contribution in [2.24, 2.45) is 0 Å². The Kier molecular flexibility index (Phi) is 4.37. The lowest BCUT2D eigenvalue weighted by Gasteiger charge is -2.13. The van der Waals surface area contributed by atoms with Gasteiger partial charge in [0.2, 0.25) is 0 Å². The minimum atomic E-state index is -4.52. The van der Waals surface area contributed by atoms with Gasteiger partial charge in [-0.15, -0.1) is 0 Å². The second-order valence-corrected chi connectivity index (χ2v) is 5.43. The number of halogens is 4. The SMILES string of the molecule is Cc1cc(Br)cc(C(=O)Nc2ccccc2C(F)(F)F)c1. The standard InChI is InChI=1S/C15H11BrF3NO/c1-9-6-10(8-11(16)7-9)14(21)20-13-5-3-2-4-12(13)15(17,18)19/h2-8H,1H3,(H,20,21). The molecule has 0 aliphatic heterocycles. The van der Waals surface area contributed by atoms with Gasteiger partial charge in [0, 0.05) is 10.0 Å². The Morgan fingerprint density at radius 1 is 1.14 bits per heavy atom. The molecule has 0 heterocycles. The molecule has 0 saturated heterocycles. The molecule has 2 rings (SSSR count). The third kappa shape index (κ3) is 3.85. The van der Waals surface area contributed by atoms with Crippen LogP contribution in [-0.2, 0) is 6.18 Å². The Morgan fingerprint density at radius 2 is 1.81 bits per heavy atom. The van der Waals surface area contributed by atoms with Gasteiger partial charge in [0.05, 0.1) is 11.3 Å². The molecule has 0 radical (unpaired) electrons. The number of hydrogen-bond donors (Lipinski definition) is 1. The van der Waals surface area contributed by atoms with Crippen LogP contribution in [-0.4, -0.2) is 5.91 Å². The molecule has 0 bridgehead atoms. The first-order chi connectivity index (χ1) is 9.77. The highest BCUT2D eigenvalue weighted by Gasteiger charge is 2.33. The number of rotatable bonds is 2. The zero-order valence-corrected chi connectivity index (χ0v) is 12.5. The quantitative estimate of drug-likeness (QED) is 0.802. The molecule has 0 saturated carbocycles. The number of carbonyl (C=O) groups is 1. The third-order valence-corrected chi connectivity index (χ3v) is 3.24. The van der Waals surface area contributed by atoms with Crippen molar-refractivity contribution < 1.29 is 18.0 Å². The summed E-state index contributed by atoms with van der Waals surface area (Å²) in [5, 5.41) is 2.31. The number of anilines is 1. The van der Waals surface area contributed by atoms with E-state index in [-0.39, 0.29) is 5.69 Å². The molecular formula is C15H11BrF3NO. The molecule has 21 heavy (non-hydrogen) atoms. The molecule has 1 amide bonds. The minimum absolute atomic E-state index is 0.257. The average Bonchev–Trinajstić information content (AvgIpc) is 2.37. The first kappa shape index (κ1) is 15.6. The van der Waals surface area contributed by atoms with E-state index in [0.717, 1.165) is 11.6 Å². The van der Waals surface area contributed by atoms with Crippen molar-refractivity contribution in [2.75, 3.05) is 5.32 Å². The molecule has 110 valence electrons. The van der Waals surface area contributed by atoms with Gasteiger partial charge in [-0.05, 0) is 42.8 Å². The van der Waals surface area contributed by atoms with Crippen molar-refractivity contribution in [1.82, 2.24) is 0 Å². The molecule has 0 aliphatic rings. The summed E-state index contributed by atoms with van der Waals surface area (Å²) in [5.74, 6) is -0.587. The summed E-state index contributed by atoms with van der Waals surface area (Å²) in [6.45, 7) is 1.80. The maximum absolute atomic E-state index is 12.9. The van der Waals surface area contributed by atoms with E-state index in [4.69, 9.17) is 0 Å². The fraction of sp³-hybridized carbons (Fsp3) is 0.133. The van der Waals surface area contributed by atoms with Gasteiger partial charge in [-0.2, -0.15) is 13.2 Å². The Hall–Kier alpha value is -1.82. The van der Waals surface area contributed by atoms with Gasteiger partial charge < -0.3 is 5.32 Å². The van der Waals surface area contributed by atoms with Gasteiger partial charge in [0.25, 0.3) is 5.91 Å². The first-order valence-corrected chi connectivity index (χ1v) is 6.81. The topological polar surface area (TPSA) is 29.1 Å². The molecule has 2 aromatic rings. The number of aryl methyl sites for hydroxylation is 1. The molecule has 2 aromatic carbocycles. The number of para-hydroxylation sites is 1. The number of benzene rings is 2. The van der Waals surface area contributed by atoms with Crippen LogP contribution in [0.2, 0.25) is 0 Å². The van der Waals surface area contributed by atoms with Crippen LogP contribution in [0.3, 0.4) is 0 Å². The van der Waals surface area contributed by atoms with Crippen molar-refractivity contribution in [1.29, 1.82) is 0 Å². The van der Waals surface area contributed by atoms with E-state index in [1.807, 2.05) is 0 Å². The molecule has 0 aromatic heterocycles. The van der Waals surface area contributed by atoms with Crippen molar-refractivity contribution >= 4 is 27.5 Å². The lowest BCUT2D eigenvalue weighted by atomic mass is 10.1. The summed E-state index contributed by atoms with van der Waals surface area (Å²) in [6.07, 6.45) is -4.52. The number of hydrogen-bond acceptors (Lipinski definition) is 1. The van der Waals surface area contributed by atoms with E-state index in [9.17, 15) is 18.0 Å². The Bertz CT molecular complexity index is 663. The zero-order chi connectivity index (χ0) is 15.6. The Morgan fingerprint density at radius 3 is 2.43 bits per heavy atom. The van der Waals surface area contributed by atoms with Crippen LogP contribution >= 0.6 is 15.9 Å². The molecule has 0 fully saturated rings. The predicted octanol–water partition coefficient (Wildman–Crippen LogP) is 5.03. The monoisotopic (exact) mass is 357 g/mol. The summed E-state index contributed by atoms with van der Waals surface area (Å²) < 4.78 is 39.3. The van der Waals surface area contributed by atoms with E-state index in [2.05, 4.69) is 21.2 Å².